The van der Waals surface area contributed by atoms with Gasteiger partial charge < -0.3 is 21.1 Å². The van der Waals surface area contributed by atoms with Crippen molar-refractivity contribution in [3.05, 3.63) is 57.6 Å². The number of nitrogen functional groups attached to an aromatic ring is 1. The molecule has 2 amide bonds. The maximum atomic E-state index is 12.1. The normalized spacial score (nSPS) is 10.2. The first-order valence-electron chi connectivity index (χ1n) is 7.91. The van der Waals surface area contributed by atoms with E-state index in [2.05, 4.69) is 10.6 Å². The fraction of sp³-hybridized carbons (Fsp3) is 0.167. The highest BCUT2D eigenvalue weighted by Crippen LogP contribution is 2.28. The molecular weight excluding hydrogens is 393 g/mol. The van der Waals surface area contributed by atoms with E-state index in [9.17, 15) is 14.4 Å². The Morgan fingerprint density at radius 2 is 1.89 bits per heavy atom. The number of amides is 2. The standard InChI is InChI=1S/C18H17Cl2N3O4/c1-2-22-17(25)10-4-3-5-12(6-10)23-15(24)9-27-18(26)13-7-11(19)8-14(20)16(13)21/h3-8H,2,9,21H2,1H3,(H,22,25)(H,23,24). The minimum Gasteiger partial charge on any atom is -0.452 e. The van der Waals surface area contributed by atoms with Gasteiger partial charge in [0.2, 0.25) is 0 Å². The van der Waals surface area contributed by atoms with E-state index in [0.717, 1.165) is 0 Å². The molecule has 0 bridgehead atoms. The van der Waals surface area contributed by atoms with Crippen molar-refractivity contribution >= 4 is 52.4 Å². The summed E-state index contributed by atoms with van der Waals surface area (Å²) in [6.45, 7) is 1.74. The summed E-state index contributed by atoms with van der Waals surface area (Å²) >= 11 is 11.7. The molecule has 0 saturated heterocycles. The van der Waals surface area contributed by atoms with Gasteiger partial charge in [0.05, 0.1) is 16.3 Å². The van der Waals surface area contributed by atoms with E-state index in [0.29, 0.717) is 17.8 Å². The molecule has 27 heavy (non-hydrogen) atoms. The number of esters is 1. The van der Waals surface area contributed by atoms with Crippen LogP contribution in [0, 0.1) is 0 Å². The molecular formula is C18H17Cl2N3O4. The van der Waals surface area contributed by atoms with Crippen molar-refractivity contribution in [1.29, 1.82) is 0 Å². The van der Waals surface area contributed by atoms with E-state index in [1.54, 1.807) is 25.1 Å². The van der Waals surface area contributed by atoms with Crippen molar-refractivity contribution in [2.24, 2.45) is 0 Å². The summed E-state index contributed by atoms with van der Waals surface area (Å²) in [7, 11) is 0. The van der Waals surface area contributed by atoms with E-state index in [4.69, 9.17) is 33.7 Å². The molecule has 2 aromatic rings. The van der Waals surface area contributed by atoms with Crippen LogP contribution in [0.5, 0.6) is 0 Å². The number of benzene rings is 2. The molecule has 0 aliphatic rings. The number of nitrogens with two attached hydrogens (primary N) is 1. The topological polar surface area (TPSA) is 111 Å². The molecule has 0 unspecified atom stereocenters. The molecule has 7 nitrogen and oxygen atoms in total. The minimum atomic E-state index is -0.830. The number of hydrogen-bond acceptors (Lipinski definition) is 5. The Bertz CT molecular complexity index is 887. The summed E-state index contributed by atoms with van der Waals surface area (Å²) in [5.41, 5.74) is 6.50. The quantitative estimate of drug-likeness (QED) is 0.501. The minimum absolute atomic E-state index is 0.0149. The maximum absolute atomic E-state index is 12.1. The average molecular weight is 410 g/mol. The van der Waals surface area contributed by atoms with Crippen LogP contribution in [0.2, 0.25) is 10.0 Å². The Balaban J connectivity index is 1.98. The second-order valence-electron chi connectivity index (χ2n) is 5.41. The van der Waals surface area contributed by atoms with Crippen LogP contribution in [-0.4, -0.2) is 30.9 Å². The van der Waals surface area contributed by atoms with E-state index >= 15 is 0 Å². The van der Waals surface area contributed by atoms with Gasteiger partial charge in [0.15, 0.2) is 6.61 Å². The predicted octanol–water partition coefficient (Wildman–Crippen LogP) is 3.12. The summed E-state index contributed by atoms with van der Waals surface area (Å²) < 4.78 is 4.94. The maximum Gasteiger partial charge on any atom is 0.340 e. The lowest BCUT2D eigenvalue weighted by Crippen LogP contribution is -2.23. The summed E-state index contributed by atoms with van der Waals surface area (Å²) in [6.07, 6.45) is 0. The molecule has 0 saturated carbocycles. The number of hydrogen-bond donors (Lipinski definition) is 3. The van der Waals surface area contributed by atoms with Gasteiger partial charge in [-0.15, -0.1) is 0 Å². The molecule has 9 heteroatoms. The Morgan fingerprint density at radius 1 is 1.15 bits per heavy atom. The van der Waals surface area contributed by atoms with Crippen LogP contribution < -0.4 is 16.4 Å². The van der Waals surface area contributed by atoms with Gasteiger partial charge in [0.1, 0.15) is 0 Å². The Morgan fingerprint density at radius 3 is 2.59 bits per heavy atom. The van der Waals surface area contributed by atoms with Crippen molar-refractivity contribution in [3.63, 3.8) is 0 Å². The van der Waals surface area contributed by atoms with Crippen LogP contribution in [0.25, 0.3) is 0 Å². The number of nitrogens with one attached hydrogen (secondary N) is 2. The highest BCUT2D eigenvalue weighted by Gasteiger charge is 2.17. The first-order valence-corrected chi connectivity index (χ1v) is 8.67. The fourth-order valence-corrected chi connectivity index (χ4v) is 2.65. The van der Waals surface area contributed by atoms with Crippen LogP contribution in [0.4, 0.5) is 11.4 Å². The van der Waals surface area contributed by atoms with E-state index in [1.165, 1.54) is 18.2 Å². The molecule has 0 spiro atoms. The molecule has 4 N–H and O–H groups in total. The highest BCUT2D eigenvalue weighted by molar-refractivity contribution is 6.37. The van der Waals surface area contributed by atoms with Gasteiger partial charge in [0, 0.05) is 22.8 Å². The van der Waals surface area contributed by atoms with Crippen molar-refractivity contribution in [2.75, 3.05) is 24.2 Å². The van der Waals surface area contributed by atoms with E-state index in [1.807, 2.05) is 0 Å². The summed E-state index contributed by atoms with van der Waals surface area (Å²) in [5, 5.41) is 5.53. The third kappa shape index (κ3) is 5.60. The lowest BCUT2D eigenvalue weighted by molar-refractivity contribution is -0.119. The monoisotopic (exact) mass is 409 g/mol. The largest absolute Gasteiger partial charge is 0.452 e. The second kappa shape index (κ2) is 9.25. The van der Waals surface area contributed by atoms with Gasteiger partial charge in [-0.2, -0.15) is 0 Å². The fourth-order valence-electron chi connectivity index (χ4n) is 2.16. The first-order chi connectivity index (χ1) is 12.8. The van der Waals surface area contributed by atoms with Gasteiger partial charge in [-0.1, -0.05) is 29.3 Å². The molecule has 0 atom stereocenters. The summed E-state index contributed by atoms with van der Waals surface area (Å²) in [4.78, 5) is 35.9. The predicted molar refractivity (Wildman–Crippen MR) is 104 cm³/mol. The zero-order valence-electron chi connectivity index (χ0n) is 14.3. The van der Waals surface area contributed by atoms with Crippen molar-refractivity contribution in [2.45, 2.75) is 6.92 Å². The molecule has 0 heterocycles. The van der Waals surface area contributed by atoms with Crippen molar-refractivity contribution in [1.82, 2.24) is 5.32 Å². The number of carbonyl (C=O) groups excluding carboxylic acids is 3. The van der Waals surface area contributed by atoms with E-state index < -0.39 is 18.5 Å². The number of rotatable bonds is 6. The third-order valence-electron chi connectivity index (χ3n) is 3.39. The zero-order chi connectivity index (χ0) is 20.0. The number of carbonyl (C=O) groups is 3. The van der Waals surface area contributed by atoms with Gasteiger partial charge in [-0.3, -0.25) is 9.59 Å². The molecule has 142 valence electrons. The van der Waals surface area contributed by atoms with Gasteiger partial charge in [0.25, 0.3) is 11.8 Å². The molecule has 0 aliphatic carbocycles. The molecule has 0 aliphatic heterocycles. The molecule has 2 aromatic carbocycles. The highest BCUT2D eigenvalue weighted by atomic mass is 35.5. The van der Waals surface area contributed by atoms with Crippen LogP contribution in [0.3, 0.4) is 0 Å². The molecule has 0 radical (unpaired) electrons. The van der Waals surface area contributed by atoms with E-state index in [-0.39, 0.29) is 27.2 Å². The van der Waals surface area contributed by atoms with Crippen LogP contribution >= 0.6 is 23.2 Å². The summed E-state index contributed by atoms with van der Waals surface area (Å²) in [5.74, 6) is -1.67. The zero-order valence-corrected chi connectivity index (χ0v) is 15.9. The smallest absolute Gasteiger partial charge is 0.340 e. The van der Waals surface area contributed by atoms with Crippen LogP contribution in [0.15, 0.2) is 36.4 Å². The van der Waals surface area contributed by atoms with Gasteiger partial charge >= 0.3 is 5.97 Å². The van der Waals surface area contributed by atoms with Gasteiger partial charge in [-0.05, 0) is 37.3 Å². The summed E-state index contributed by atoms with van der Waals surface area (Å²) in [6, 6.07) is 9.06. The van der Waals surface area contributed by atoms with Crippen molar-refractivity contribution in [3.8, 4) is 0 Å². The van der Waals surface area contributed by atoms with Crippen molar-refractivity contribution < 1.29 is 19.1 Å². The number of ether oxygens (including phenoxy) is 1. The third-order valence-corrected chi connectivity index (χ3v) is 3.93. The molecule has 0 aromatic heterocycles. The molecule has 0 fully saturated rings. The Hall–Kier alpha value is -2.77. The second-order valence-corrected chi connectivity index (χ2v) is 6.26. The number of anilines is 2. The lowest BCUT2D eigenvalue weighted by atomic mass is 10.2. The van der Waals surface area contributed by atoms with Gasteiger partial charge in [-0.25, -0.2) is 4.79 Å². The van der Waals surface area contributed by atoms with Crippen LogP contribution in [0.1, 0.15) is 27.6 Å². The van der Waals surface area contributed by atoms with Crippen LogP contribution in [-0.2, 0) is 9.53 Å². The Kier molecular flexibility index (Phi) is 7.04. The lowest BCUT2D eigenvalue weighted by Gasteiger charge is -2.10. The first kappa shape index (κ1) is 20.5. The SMILES string of the molecule is CCNC(=O)c1cccc(NC(=O)COC(=O)c2cc(Cl)cc(Cl)c2N)c1. The number of halogens is 2. The Labute approximate surface area is 165 Å². The molecule has 2 rings (SSSR count). The average Bonchev–Trinajstić information content (AvgIpc) is 2.63.